The fraction of sp³-hybridized carbons (Fsp3) is 0.267. The van der Waals surface area contributed by atoms with Gasteiger partial charge in [-0.1, -0.05) is 6.07 Å². The largest absolute Gasteiger partial charge is 0.497 e. The zero-order valence-electron chi connectivity index (χ0n) is 12.7. The molecule has 0 aliphatic rings. The van der Waals surface area contributed by atoms with Crippen molar-refractivity contribution in [3.8, 4) is 23.1 Å². The van der Waals surface area contributed by atoms with E-state index < -0.39 is 24.5 Å². The summed E-state index contributed by atoms with van der Waals surface area (Å²) in [6.45, 7) is -0.802. The van der Waals surface area contributed by atoms with Crippen molar-refractivity contribution in [2.24, 2.45) is 0 Å². The molecule has 1 heterocycles. The number of aromatic carboxylic acids is 1. The summed E-state index contributed by atoms with van der Waals surface area (Å²) >= 11 is 0. The number of carboxylic acids is 1. The molecule has 2 rings (SSSR count). The highest BCUT2D eigenvalue weighted by atomic mass is 16.5. The van der Waals surface area contributed by atoms with E-state index in [0.717, 1.165) is 6.20 Å². The zero-order chi connectivity index (χ0) is 17.5. The van der Waals surface area contributed by atoms with E-state index in [1.165, 1.54) is 7.11 Å². The van der Waals surface area contributed by atoms with Crippen molar-refractivity contribution in [3.63, 3.8) is 0 Å². The molecular formula is C15H16N2O7. The average molecular weight is 336 g/mol. The van der Waals surface area contributed by atoms with Crippen molar-refractivity contribution in [2.45, 2.75) is 6.10 Å². The molecule has 1 atom stereocenters. The van der Waals surface area contributed by atoms with Crippen LogP contribution >= 0.6 is 0 Å². The third kappa shape index (κ3) is 4.54. The van der Waals surface area contributed by atoms with Gasteiger partial charge < -0.3 is 29.5 Å². The third-order valence-electron chi connectivity index (χ3n) is 2.81. The first-order valence-corrected chi connectivity index (χ1v) is 6.87. The average Bonchev–Trinajstić information content (AvgIpc) is 2.60. The lowest BCUT2D eigenvalue weighted by atomic mass is 10.3. The second-order valence-electron chi connectivity index (χ2n) is 4.60. The second-order valence-corrected chi connectivity index (χ2v) is 4.60. The standard InChI is InChI=1S/C15H16N2O7/c1-22-10-3-2-4-11(5-10)24-12-6-16-13(15(20)21)17-14(12)23-8-9(19)7-18/h2-6,9,18-19H,7-8H2,1H3,(H,20,21). The van der Waals surface area contributed by atoms with Crippen LogP contribution in [0.3, 0.4) is 0 Å². The molecule has 24 heavy (non-hydrogen) atoms. The van der Waals surface area contributed by atoms with E-state index in [0.29, 0.717) is 11.5 Å². The first kappa shape index (κ1) is 17.4. The Kier molecular flexibility index (Phi) is 5.88. The summed E-state index contributed by atoms with van der Waals surface area (Å²) < 4.78 is 15.9. The maximum absolute atomic E-state index is 11.0. The molecule has 0 spiro atoms. The van der Waals surface area contributed by atoms with E-state index in [1.54, 1.807) is 24.3 Å². The van der Waals surface area contributed by atoms with Gasteiger partial charge in [-0.2, -0.15) is 4.98 Å². The summed E-state index contributed by atoms with van der Waals surface area (Å²) in [5, 5.41) is 27.1. The van der Waals surface area contributed by atoms with Gasteiger partial charge in [0.1, 0.15) is 24.2 Å². The van der Waals surface area contributed by atoms with Crippen LogP contribution in [-0.4, -0.2) is 57.7 Å². The van der Waals surface area contributed by atoms with Gasteiger partial charge in [0.25, 0.3) is 5.88 Å². The van der Waals surface area contributed by atoms with Gasteiger partial charge in [0.15, 0.2) is 0 Å². The molecule has 0 radical (unpaired) electrons. The summed E-state index contributed by atoms with van der Waals surface area (Å²) in [4.78, 5) is 18.4. The van der Waals surface area contributed by atoms with Crippen LogP contribution in [0, 0.1) is 0 Å². The summed E-state index contributed by atoms with van der Waals surface area (Å²) in [5.41, 5.74) is 0. The Morgan fingerprint density at radius 2 is 2.08 bits per heavy atom. The van der Waals surface area contributed by atoms with Crippen molar-refractivity contribution in [3.05, 3.63) is 36.3 Å². The summed E-state index contributed by atoms with van der Waals surface area (Å²) in [6, 6.07) is 6.69. The van der Waals surface area contributed by atoms with Crippen molar-refractivity contribution < 1.29 is 34.3 Å². The molecule has 2 aromatic rings. The summed E-state index contributed by atoms with van der Waals surface area (Å²) in [6.07, 6.45) is 0.00857. The number of ether oxygens (including phenoxy) is 3. The van der Waals surface area contributed by atoms with Gasteiger partial charge in [0, 0.05) is 6.07 Å². The molecular weight excluding hydrogens is 320 g/mol. The quantitative estimate of drug-likeness (QED) is 0.637. The Bertz CT molecular complexity index is 708. The van der Waals surface area contributed by atoms with E-state index in [4.69, 9.17) is 24.4 Å². The Balaban J connectivity index is 2.27. The Morgan fingerprint density at radius 3 is 2.75 bits per heavy atom. The van der Waals surface area contributed by atoms with E-state index in [-0.39, 0.29) is 18.2 Å². The molecule has 0 bridgehead atoms. The van der Waals surface area contributed by atoms with Gasteiger partial charge in [-0.15, -0.1) is 0 Å². The highest BCUT2D eigenvalue weighted by Gasteiger charge is 2.16. The van der Waals surface area contributed by atoms with Crippen molar-refractivity contribution in [1.82, 2.24) is 9.97 Å². The number of carboxylic acid groups (broad SMARTS) is 1. The predicted octanol–water partition coefficient (Wildman–Crippen LogP) is 0.708. The molecule has 0 amide bonds. The van der Waals surface area contributed by atoms with E-state index >= 15 is 0 Å². The number of aliphatic hydroxyl groups is 2. The number of nitrogens with zero attached hydrogens (tertiary/aromatic N) is 2. The normalized spacial score (nSPS) is 11.6. The number of carbonyl (C=O) groups is 1. The Hall–Kier alpha value is -2.91. The molecule has 1 aromatic heterocycles. The molecule has 128 valence electrons. The van der Waals surface area contributed by atoms with Crippen LogP contribution in [0.5, 0.6) is 23.1 Å². The second kappa shape index (κ2) is 8.09. The summed E-state index contributed by atoms with van der Waals surface area (Å²) in [7, 11) is 1.51. The molecule has 0 saturated heterocycles. The number of hydrogen-bond acceptors (Lipinski definition) is 8. The highest BCUT2D eigenvalue weighted by Crippen LogP contribution is 2.31. The van der Waals surface area contributed by atoms with Gasteiger partial charge in [-0.25, -0.2) is 9.78 Å². The van der Waals surface area contributed by atoms with Crippen LogP contribution in [0.25, 0.3) is 0 Å². The Morgan fingerprint density at radius 1 is 1.33 bits per heavy atom. The van der Waals surface area contributed by atoms with Crippen molar-refractivity contribution >= 4 is 5.97 Å². The third-order valence-corrected chi connectivity index (χ3v) is 2.81. The van der Waals surface area contributed by atoms with Crippen LogP contribution < -0.4 is 14.2 Å². The fourth-order valence-electron chi connectivity index (χ4n) is 1.65. The summed E-state index contributed by atoms with van der Waals surface area (Å²) in [5.74, 6) is -0.976. The van der Waals surface area contributed by atoms with Crippen LogP contribution in [0.1, 0.15) is 10.6 Å². The van der Waals surface area contributed by atoms with E-state index in [2.05, 4.69) is 9.97 Å². The molecule has 9 heteroatoms. The van der Waals surface area contributed by atoms with Crippen LogP contribution in [0.2, 0.25) is 0 Å². The number of aliphatic hydroxyl groups excluding tert-OH is 2. The van der Waals surface area contributed by atoms with E-state index in [1.807, 2.05) is 0 Å². The van der Waals surface area contributed by atoms with E-state index in [9.17, 15) is 9.90 Å². The SMILES string of the molecule is COc1cccc(Oc2cnc(C(=O)O)nc2OCC(O)CO)c1. The molecule has 9 nitrogen and oxygen atoms in total. The fourth-order valence-corrected chi connectivity index (χ4v) is 1.65. The number of aromatic nitrogens is 2. The highest BCUT2D eigenvalue weighted by molar-refractivity contribution is 5.83. The number of benzene rings is 1. The van der Waals surface area contributed by atoms with Gasteiger partial charge in [-0.05, 0) is 12.1 Å². The molecule has 0 aliphatic heterocycles. The zero-order valence-corrected chi connectivity index (χ0v) is 12.7. The lowest BCUT2D eigenvalue weighted by molar-refractivity contribution is 0.0508. The van der Waals surface area contributed by atoms with Gasteiger partial charge in [-0.3, -0.25) is 0 Å². The topological polar surface area (TPSA) is 131 Å². The molecule has 0 saturated carbocycles. The lowest BCUT2D eigenvalue weighted by Crippen LogP contribution is -2.22. The maximum atomic E-state index is 11.0. The lowest BCUT2D eigenvalue weighted by Gasteiger charge is -2.13. The minimum atomic E-state index is -1.34. The molecule has 0 fully saturated rings. The smallest absolute Gasteiger partial charge is 0.374 e. The molecule has 3 N–H and O–H groups in total. The first-order chi connectivity index (χ1) is 11.5. The van der Waals surface area contributed by atoms with Crippen molar-refractivity contribution in [2.75, 3.05) is 20.3 Å². The van der Waals surface area contributed by atoms with Crippen LogP contribution in [0.4, 0.5) is 0 Å². The predicted molar refractivity (Wildman–Crippen MR) is 80.6 cm³/mol. The number of rotatable bonds is 8. The van der Waals surface area contributed by atoms with Crippen LogP contribution in [0.15, 0.2) is 30.5 Å². The monoisotopic (exact) mass is 336 g/mol. The van der Waals surface area contributed by atoms with Crippen molar-refractivity contribution in [1.29, 1.82) is 0 Å². The molecule has 1 unspecified atom stereocenters. The van der Waals surface area contributed by atoms with Gasteiger partial charge in [0.2, 0.25) is 11.6 Å². The molecule has 1 aromatic carbocycles. The maximum Gasteiger partial charge on any atom is 0.374 e. The Labute approximate surface area is 137 Å². The van der Waals surface area contributed by atoms with Gasteiger partial charge >= 0.3 is 5.97 Å². The first-order valence-electron chi connectivity index (χ1n) is 6.87. The van der Waals surface area contributed by atoms with Crippen LogP contribution in [-0.2, 0) is 0 Å². The number of hydrogen-bond donors (Lipinski definition) is 3. The minimum Gasteiger partial charge on any atom is -0.497 e. The molecule has 0 aliphatic carbocycles. The number of methoxy groups -OCH3 is 1. The minimum absolute atomic E-state index is 0.0541. The van der Waals surface area contributed by atoms with Gasteiger partial charge in [0.05, 0.1) is 19.9 Å².